The van der Waals surface area contributed by atoms with Crippen molar-refractivity contribution in [2.45, 2.75) is 70.1 Å². The van der Waals surface area contributed by atoms with Crippen molar-refractivity contribution in [2.24, 2.45) is 0 Å². The van der Waals surface area contributed by atoms with Crippen LogP contribution >= 0.6 is 0 Å². The molecule has 0 saturated carbocycles. The van der Waals surface area contributed by atoms with Crippen LogP contribution in [0.1, 0.15) is 51.9 Å². The zero-order valence-corrected chi connectivity index (χ0v) is 16.9. The van der Waals surface area contributed by atoms with E-state index in [2.05, 4.69) is 17.0 Å². The fourth-order valence-electron chi connectivity index (χ4n) is 2.77. The third kappa shape index (κ3) is 10.7. The van der Waals surface area contributed by atoms with Crippen LogP contribution in [-0.4, -0.2) is 42.5 Å². The Morgan fingerprint density at radius 2 is 1.89 bits per heavy atom. The molecular formula is C22H33NO5. The Hall–Kier alpha value is -2.34. The first-order valence-electron chi connectivity index (χ1n) is 9.97. The summed E-state index contributed by atoms with van der Waals surface area (Å²) in [6.45, 7) is 2.14. The zero-order valence-electron chi connectivity index (χ0n) is 16.9. The first-order chi connectivity index (χ1) is 13.6. The Kier molecular flexibility index (Phi) is 12.4. The highest BCUT2D eigenvalue weighted by Crippen LogP contribution is 2.16. The molecule has 2 N–H and O–H groups in total. The molecule has 1 rings (SSSR count). The van der Waals surface area contributed by atoms with Gasteiger partial charge in [0.15, 0.2) is 0 Å². The van der Waals surface area contributed by atoms with Crippen molar-refractivity contribution in [3.8, 4) is 0 Å². The van der Waals surface area contributed by atoms with Crippen LogP contribution in [0.3, 0.4) is 0 Å². The van der Waals surface area contributed by atoms with E-state index in [-0.39, 0.29) is 24.2 Å². The molecule has 156 valence electrons. The predicted octanol–water partition coefficient (Wildman–Crippen LogP) is 3.97. The van der Waals surface area contributed by atoms with Crippen molar-refractivity contribution in [2.75, 3.05) is 7.11 Å². The molecule has 1 aliphatic heterocycles. The molecule has 0 spiro atoms. The summed E-state index contributed by atoms with van der Waals surface area (Å²) in [4.78, 5) is 22.6. The van der Waals surface area contributed by atoms with Gasteiger partial charge in [-0.25, -0.2) is 4.79 Å². The van der Waals surface area contributed by atoms with Gasteiger partial charge in [-0.2, -0.15) is 0 Å². The van der Waals surface area contributed by atoms with Crippen LogP contribution in [0, 0.1) is 0 Å². The number of nitrogens with one attached hydrogen (secondary N) is 1. The van der Waals surface area contributed by atoms with Crippen LogP contribution in [0.15, 0.2) is 48.6 Å². The van der Waals surface area contributed by atoms with Crippen LogP contribution in [0.25, 0.3) is 0 Å². The lowest BCUT2D eigenvalue weighted by Crippen LogP contribution is -2.29. The van der Waals surface area contributed by atoms with Gasteiger partial charge in [0, 0.05) is 6.42 Å². The van der Waals surface area contributed by atoms with E-state index in [1.54, 1.807) is 6.08 Å². The molecule has 0 radical (unpaired) electrons. The Balaban J connectivity index is 2.32. The van der Waals surface area contributed by atoms with Gasteiger partial charge in [0.1, 0.15) is 6.10 Å². The number of aliphatic hydroxyl groups is 1. The summed E-state index contributed by atoms with van der Waals surface area (Å²) in [5, 5.41) is 12.5. The van der Waals surface area contributed by atoms with Crippen molar-refractivity contribution in [1.29, 1.82) is 0 Å². The second kappa shape index (κ2) is 14.7. The van der Waals surface area contributed by atoms with Gasteiger partial charge in [-0.15, -0.1) is 0 Å². The first kappa shape index (κ1) is 23.7. The average Bonchev–Trinajstić information content (AvgIpc) is 3.03. The number of ether oxygens (including phenoxy) is 2. The molecule has 28 heavy (non-hydrogen) atoms. The van der Waals surface area contributed by atoms with Gasteiger partial charge in [0.05, 0.1) is 19.3 Å². The van der Waals surface area contributed by atoms with E-state index in [0.717, 1.165) is 25.7 Å². The molecule has 0 bridgehead atoms. The summed E-state index contributed by atoms with van der Waals surface area (Å²) in [5.74, 6) is -0.262. The van der Waals surface area contributed by atoms with Crippen molar-refractivity contribution in [1.82, 2.24) is 5.32 Å². The molecule has 0 aliphatic carbocycles. The highest BCUT2D eigenvalue weighted by molar-refractivity contribution is 5.71. The number of hydrogen-bond donors (Lipinski definition) is 2. The van der Waals surface area contributed by atoms with E-state index in [4.69, 9.17) is 4.74 Å². The van der Waals surface area contributed by atoms with Gasteiger partial charge < -0.3 is 19.9 Å². The Bertz CT molecular complexity index is 579. The summed E-state index contributed by atoms with van der Waals surface area (Å²) >= 11 is 0. The minimum Gasteiger partial charge on any atom is -0.469 e. The summed E-state index contributed by atoms with van der Waals surface area (Å²) in [7, 11) is 1.36. The zero-order chi connectivity index (χ0) is 20.6. The number of methoxy groups -OCH3 is 1. The smallest absolute Gasteiger partial charge is 0.408 e. The van der Waals surface area contributed by atoms with Crippen molar-refractivity contribution in [3.05, 3.63) is 48.6 Å². The third-order valence-electron chi connectivity index (χ3n) is 4.35. The van der Waals surface area contributed by atoms with Gasteiger partial charge >= 0.3 is 12.1 Å². The molecule has 0 aromatic carbocycles. The number of unbranched alkanes of at least 4 members (excludes halogenated alkanes) is 2. The lowest BCUT2D eigenvalue weighted by atomic mass is 10.0. The number of rotatable bonds is 13. The Labute approximate surface area is 168 Å². The van der Waals surface area contributed by atoms with Gasteiger partial charge in [-0.3, -0.25) is 4.79 Å². The van der Waals surface area contributed by atoms with Gasteiger partial charge in [0.25, 0.3) is 0 Å². The van der Waals surface area contributed by atoms with Crippen LogP contribution in [-0.2, 0) is 14.3 Å². The number of aliphatic hydroxyl groups excluding tert-OH is 1. The molecule has 1 fully saturated rings. The topological polar surface area (TPSA) is 84.9 Å². The third-order valence-corrected chi connectivity index (χ3v) is 4.35. The molecule has 0 aromatic rings. The number of cyclic esters (lactones) is 1. The molecule has 6 nitrogen and oxygen atoms in total. The molecule has 1 amide bonds. The summed E-state index contributed by atoms with van der Waals surface area (Å²) in [6, 6.07) is -0.211. The Morgan fingerprint density at radius 3 is 2.61 bits per heavy atom. The van der Waals surface area contributed by atoms with E-state index in [9.17, 15) is 14.7 Å². The maximum absolute atomic E-state index is 11.4. The normalized spacial score (nSPS) is 21.0. The summed E-state index contributed by atoms with van der Waals surface area (Å²) < 4.78 is 9.84. The fourth-order valence-corrected chi connectivity index (χ4v) is 2.77. The molecule has 1 unspecified atom stereocenters. The lowest BCUT2D eigenvalue weighted by molar-refractivity contribution is -0.140. The van der Waals surface area contributed by atoms with Crippen molar-refractivity contribution < 1.29 is 24.2 Å². The van der Waals surface area contributed by atoms with Crippen LogP contribution in [0.5, 0.6) is 0 Å². The first-order valence-corrected chi connectivity index (χ1v) is 9.97. The van der Waals surface area contributed by atoms with Crippen LogP contribution in [0.4, 0.5) is 4.79 Å². The Morgan fingerprint density at radius 1 is 1.18 bits per heavy atom. The van der Waals surface area contributed by atoms with E-state index in [1.165, 1.54) is 7.11 Å². The van der Waals surface area contributed by atoms with Crippen molar-refractivity contribution in [3.63, 3.8) is 0 Å². The largest absolute Gasteiger partial charge is 0.469 e. The SMILES string of the molecule is CCCCC[C@@H](O)/C=C/C=C\C=C\C=C\C1NC(=O)O[C@H]1CCCC(=O)OC. The number of esters is 1. The highest BCUT2D eigenvalue weighted by Gasteiger charge is 2.31. The van der Waals surface area contributed by atoms with E-state index >= 15 is 0 Å². The molecule has 6 heteroatoms. The molecule has 1 saturated heterocycles. The predicted molar refractivity (Wildman–Crippen MR) is 110 cm³/mol. The minimum atomic E-state index is -0.441. The molecule has 1 heterocycles. The van der Waals surface area contributed by atoms with Gasteiger partial charge in [-0.05, 0) is 19.3 Å². The highest BCUT2D eigenvalue weighted by atomic mass is 16.6. The fraction of sp³-hybridized carbons (Fsp3) is 0.545. The number of carbonyl (C=O) groups excluding carboxylic acids is 2. The average molecular weight is 392 g/mol. The maximum atomic E-state index is 11.4. The van der Waals surface area contributed by atoms with Crippen LogP contribution < -0.4 is 5.32 Å². The number of amides is 1. The maximum Gasteiger partial charge on any atom is 0.408 e. The molecule has 0 aromatic heterocycles. The number of carbonyl (C=O) groups is 2. The summed E-state index contributed by atoms with van der Waals surface area (Å²) in [5.41, 5.74) is 0. The van der Waals surface area contributed by atoms with Crippen LogP contribution in [0.2, 0.25) is 0 Å². The summed E-state index contributed by atoms with van der Waals surface area (Å²) in [6.07, 6.45) is 19.4. The monoisotopic (exact) mass is 391 g/mol. The molecule has 3 atom stereocenters. The number of alkyl carbamates (subject to hydrolysis) is 1. The van der Waals surface area contributed by atoms with Crippen molar-refractivity contribution >= 4 is 12.1 Å². The molecular weight excluding hydrogens is 358 g/mol. The van der Waals surface area contributed by atoms with Gasteiger partial charge in [0.2, 0.25) is 0 Å². The minimum absolute atomic E-state index is 0.211. The van der Waals surface area contributed by atoms with Gasteiger partial charge in [-0.1, -0.05) is 74.8 Å². The second-order valence-electron chi connectivity index (χ2n) is 6.68. The van der Waals surface area contributed by atoms with E-state index < -0.39 is 6.09 Å². The van der Waals surface area contributed by atoms with E-state index in [1.807, 2.05) is 42.5 Å². The lowest BCUT2D eigenvalue weighted by Gasteiger charge is -2.12. The second-order valence-corrected chi connectivity index (χ2v) is 6.68. The molecule has 1 aliphatic rings. The number of allylic oxidation sites excluding steroid dienone is 6. The number of hydrogen-bond acceptors (Lipinski definition) is 5. The standard InChI is InChI=1S/C22H33NO5/c1-3-4-9-13-18(24)14-10-7-5-6-8-11-15-19-20(28-22(26)23-19)16-12-17-21(25)27-2/h5-8,10-11,14-15,18-20,24H,3-4,9,12-13,16-17H2,1-2H3,(H,23,26)/b7-5-,8-6+,14-10+,15-11+/t18-,19?,20+/m1/s1. The van der Waals surface area contributed by atoms with E-state index in [0.29, 0.717) is 19.3 Å². The quantitative estimate of drug-likeness (QED) is 0.282.